The second-order valence-corrected chi connectivity index (χ2v) is 11.1. The van der Waals surface area contributed by atoms with Crippen molar-refractivity contribution in [3.05, 3.63) is 23.8 Å². The van der Waals surface area contributed by atoms with Crippen LogP contribution in [0.4, 0.5) is 0 Å². The number of nitrogens with two attached hydrogens (primary N) is 1. The largest absolute Gasteiger partial charge is 0.480 e. The molecule has 1 aromatic rings. The quantitative estimate of drug-likeness (QED) is 0.202. The lowest BCUT2D eigenvalue weighted by molar-refractivity contribution is -0.154. The SMILES string of the molecule is CCC(C)CC(=O)Oc1ccc(C(CC(C)OC(=O)C(C)C(C)C)[C@H](N)C(=O)O)cc1OC(=O)CC(C)CC. The van der Waals surface area contributed by atoms with Crippen molar-refractivity contribution >= 4 is 23.9 Å². The molecule has 6 atom stereocenters. The van der Waals surface area contributed by atoms with E-state index in [9.17, 15) is 24.3 Å². The van der Waals surface area contributed by atoms with E-state index in [0.717, 1.165) is 12.8 Å². The predicted molar refractivity (Wildman–Crippen MR) is 148 cm³/mol. The Kier molecular flexibility index (Phi) is 14.2. The highest BCUT2D eigenvalue weighted by molar-refractivity contribution is 5.77. The zero-order chi connectivity index (χ0) is 29.9. The summed E-state index contributed by atoms with van der Waals surface area (Å²) in [5, 5.41) is 9.70. The molecule has 1 aromatic carbocycles. The van der Waals surface area contributed by atoms with E-state index >= 15 is 0 Å². The molecule has 0 fully saturated rings. The van der Waals surface area contributed by atoms with E-state index in [-0.39, 0.29) is 60.4 Å². The van der Waals surface area contributed by atoms with E-state index in [1.54, 1.807) is 19.9 Å². The molecule has 9 nitrogen and oxygen atoms in total. The summed E-state index contributed by atoms with van der Waals surface area (Å²) in [5.41, 5.74) is 6.53. The molecule has 0 aliphatic rings. The Balaban J connectivity index is 3.36. The molecule has 0 saturated heterocycles. The van der Waals surface area contributed by atoms with Gasteiger partial charge in [-0.15, -0.1) is 0 Å². The molecular weight excluding hydrogens is 502 g/mol. The van der Waals surface area contributed by atoms with Gasteiger partial charge in [-0.05, 0) is 48.8 Å². The zero-order valence-electron chi connectivity index (χ0n) is 24.7. The molecule has 5 unspecified atom stereocenters. The van der Waals surface area contributed by atoms with Crippen molar-refractivity contribution in [2.24, 2.45) is 29.4 Å². The molecule has 0 spiro atoms. The number of carboxylic acids is 1. The van der Waals surface area contributed by atoms with Crippen LogP contribution in [0.1, 0.15) is 99.0 Å². The van der Waals surface area contributed by atoms with Gasteiger partial charge in [-0.1, -0.05) is 67.4 Å². The number of hydrogen-bond donors (Lipinski definition) is 2. The average molecular weight is 550 g/mol. The van der Waals surface area contributed by atoms with Gasteiger partial charge in [-0.25, -0.2) is 0 Å². The molecule has 0 radical (unpaired) electrons. The highest BCUT2D eigenvalue weighted by Gasteiger charge is 2.31. The lowest BCUT2D eigenvalue weighted by atomic mass is 9.86. The van der Waals surface area contributed by atoms with Crippen molar-refractivity contribution in [2.45, 2.75) is 106 Å². The number of esters is 3. The first kappa shape index (κ1) is 34.1. The maximum absolute atomic E-state index is 12.6. The maximum atomic E-state index is 12.6. The molecule has 0 saturated carbocycles. The van der Waals surface area contributed by atoms with Crippen LogP contribution in [0, 0.1) is 23.7 Å². The molecule has 1 rings (SSSR count). The van der Waals surface area contributed by atoms with Crippen LogP contribution in [0.15, 0.2) is 18.2 Å². The van der Waals surface area contributed by atoms with Gasteiger partial charge in [-0.3, -0.25) is 19.2 Å². The van der Waals surface area contributed by atoms with Crippen molar-refractivity contribution in [3.8, 4) is 11.5 Å². The first-order valence-electron chi connectivity index (χ1n) is 13.9. The molecule has 3 N–H and O–H groups in total. The van der Waals surface area contributed by atoms with E-state index < -0.39 is 36.0 Å². The van der Waals surface area contributed by atoms with Gasteiger partial charge in [0.05, 0.1) is 12.0 Å². The molecule has 220 valence electrons. The number of benzene rings is 1. The van der Waals surface area contributed by atoms with Gasteiger partial charge in [-0.2, -0.15) is 0 Å². The molecular formula is C30H47NO8. The van der Waals surface area contributed by atoms with Crippen molar-refractivity contribution in [3.63, 3.8) is 0 Å². The van der Waals surface area contributed by atoms with E-state index in [2.05, 4.69) is 0 Å². The zero-order valence-corrected chi connectivity index (χ0v) is 24.7. The van der Waals surface area contributed by atoms with Crippen LogP contribution in [0.5, 0.6) is 11.5 Å². The topological polar surface area (TPSA) is 142 Å². The van der Waals surface area contributed by atoms with Gasteiger partial charge in [0.25, 0.3) is 0 Å². The second-order valence-electron chi connectivity index (χ2n) is 11.1. The Labute approximate surface area is 232 Å². The molecule has 0 bridgehead atoms. The van der Waals surface area contributed by atoms with E-state index in [1.165, 1.54) is 12.1 Å². The fourth-order valence-corrected chi connectivity index (χ4v) is 3.75. The van der Waals surface area contributed by atoms with Crippen LogP contribution >= 0.6 is 0 Å². The third kappa shape index (κ3) is 11.4. The number of hydrogen-bond acceptors (Lipinski definition) is 8. The summed E-state index contributed by atoms with van der Waals surface area (Å²) in [6.45, 7) is 15.1. The number of carbonyl (C=O) groups is 4. The van der Waals surface area contributed by atoms with Gasteiger partial charge in [0.15, 0.2) is 11.5 Å². The minimum Gasteiger partial charge on any atom is -0.480 e. The Morgan fingerprint density at radius 2 is 1.36 bits per heavy atom. The van der Waals surface area contributed by atoms with Crippen molar-refractivity contribution in [1.29, 1.82) is 0 Å². The summed E-state index contributed by atoms with van der Waals surface area (Å²) in [6.07, 6.45) is 1.45. The van der Waals surface area contributed by atoms with Gasteiger partial charge in [0.1, 0.15) is 6.04 Å². The summed E-state index contributed by atoms with van der Waals surface area (Å²) < 4.78 is 16.7. The average Bonchev–Trinajstić information content (AvgIpc) is 2.86. The normalized spacial score (nSPS) is 15.9. The summed E-state index contributed by atoms with van der Waals surface area (Å²) >= 11 is 0. The third-order valence-electron chi connectivity index (χ3n) is 7.26. The minimum atomic E-state index is -1.32. The lowest BCUT2D eigenvalue weighted by Gasteiger charge is -2.26. The van der Waals surface area contributed by atoms with Gasteiger partial charge >= 0.3 is 23.9 Å². The molecule has 39 heavy (non-hydrogen) atoms. The predicted octanol–water partition coefficient (Wildman–Crippen LogP) is 5.48. The number of carbonyl (C=O) groups excluding carboxylic acids is 3. The Morgan fingerprint density at radius 3 is 1.82 bits per heavy atom. The maximum Gasteiger partial charge on any atom is 0.321 e. The van der Waals surface area contributed by atoms with Crippen molar-refractivity contribution in [1.82, 2.24) is 0 Å². The minimum absolute atomic E-state index is 0.0129. The number of carboxylic acid groups (broad SMARTS) is 1. The van der Waals surface area contributed by atoms with Crippen LogP contribution in [0.2, 0.25) is 0 Å². The van der Waals surface area contributed by atoms with Crippen LogP contribution < -0.4 is 15.2 Å². The molecule has 0 heterocycles. The Morgan fingerprint density at radius 1 is 0.846 bits per heavy atom. The molecule has 0 aromatic heterocycles. The van der Waals surface area contributed by atoms with Crippen LogP contribution in [-0.4, -0.2) is 41.1 Å². The summed E-state index contributed by atoms with van der Waals surface area (Å²) in [4.78, 5) is 49.5. The fraction of sp³-hybridized carbons (Fsp3) is 0.667. The smallest absolute Gasteiger partial charge is 0.321 e. The number of aliphatic carboxylic acids is 1. The highest BCUT2D eigenvalue weighted by Crippen LogP contribution is 2.35. The van der Waals surface area contributed by atoms with Crippen LogP contribution in [0.25, 0.3) is 0 Å². The molecule has 9 heteroatoms. The fourth-order valence-electron chi connectivity index (χ4n) is 3.75. The number of ether oxygens (including phenoxy) is 3. The van der Waals surface area contributed by atoms with E-state index in [0.29, 0.717) is 5.56 Å². The third-order valence-corrected chi connectivity index (χ3v) is 7.26. The van der Waals surface area contributed by atoms with Gasteiger partial charge in [0, 0.05) is 18.8 Å². The summed E-state index contributed by atoms with van der Waals surface area (Å²) in [6, 6.07) is 3.24. The van der Waals surface area contributed by atoms with E-state index in [4.69, 9.17) is 19.9 Å². The van der Waals surface area contributed by atoms with Gasteiger partial charge in [0.2, 0.25) is 0 Å². The second kappa shape index (κ2) is 16.2. The summed E-state index contributed by atoms with van der Waals surface area (Å²) in [7, 11) is 0. The standard InChI is InChI=1S/C30H47NO8/c1-9-18(5)13-26(32)38-24-12-11-22(16-25(24)39-27(33)14-19(6)10-2)23(28(31)29(34)35)15-20(7)37-30(36)21(8)17(3)4/h11-12,16-21,23,28H,9-10,13-15,31H2,1-8H3,(H,34,35)/t18?,19?,20?,21?,23?,28-/m0/s1. The molecule has 0 aliphatic heterocycles. The van der Waals surface area contributed by atoms with Crippen molar-refractivity contribution in [2.75, 3.05) is 0 Å². The van der Waals surface area contributed by atoms with Crippen LogP contribution in [-0.2, 0) is 23.9 Å². The van der Waals surface area contributed by atoms with E-state index in [1.807, 2.05) is 41.5 Å². The Bertz CT molecular complexity index is 976. The lowest BCUT2D eigenvalue weighted by Crippen LogP contribution is -2.38. The number of rotatable bonds is 16. The van der Waals surface area contributed by atoms with Crippen molar-refractivity contribution < 1.29 is 38.5 Å². The Hall–Kier alpha value is -2.94. The molecule has 0 aliphatic carbocycles. The first-order chi connectivity index (χ1) is 18.2. The summed E-state index contributed by atoms with van der Waals surface area (Å²) in [5.74, 6) is -3.28. The highest BCUT2D eigenvalue weighted by atomic mass is 16.6. The first-order valence-corrected chi connectivity index (χ1v) is 13.9. The van der Waals surface area contributed by atoms with Gasteiger partial charge < -0.3 is 25.1 Å². The molecule has 0 amide bonds. The monoisotopic (exact) mass is 549 g/mol. The van der Waals surface area contributed by atoms with Crippen LogP contribution in [0.3, 0.4) is 0 Å².